The molecule has 0 radical (unpaired) electrons. The predicted molar refractivity (Wildman–Crippen MR) is 80.4 cm³/mol. The molecule has 1 aromatic carbocycles. The Kier molecular flexibility index (Phi) is 4.44. The van der Waals surface area contributed by atoms with Gasteiger partial charge in [0.05, 0.1) is 7.11 Å². The maximum absolute atomic E-state index is 12.5. The Morgan fingerprint density at radius 2 is 2.10 bits per heavy atom. The first-order chi connectivity index (χ1) is 9.94. The molecule has 21 heavy (non-hydrogen) atoms. The largest absolute Gasteiger partial charge is 0.495 e. The van der Waals surface area contributed by atoms with Gasteiger partial charge in [0.1, 0.15) is 10.6 Å². The van der Waals surface area contributed by atoms with Gasteiger partial charge in [-0.15, -0.1) is 0 Å². The van der Waals surface area contributed by atoms with Crippen molar-refractivity contribution in [3.63, 3.8) is 0 Å². The molecule has 2 rings (SSSR count). The smallest absolute Gasteiger partial charge is 0.244 e. The summed E-state index contributed by atoms with van der Waals surface area (Å²) < 4.78 is 32.6. The standard InChI is InChI=1S/C14H17N3O3S/c1-10(11-4-3-7-16-9-11)17-21(18,19)14-8-12(15)5-6-13(14)20-2/h3-10,17H,15H2,1-2H3. The van der Waals surface area contributed by atoms with E-state index in [4.69, 9.17) is 10.5 Å². The van der Waals surface area contributed by atoms with E-state index in [1.807, 2.05) is 0 Å². The number of hydrogen-bond donors (Lipinski definition) is 2. The number of rotatable bonds is 5. The zero-order valence-corrected chi connectivity index (χ0v) is 12.6. The highest BCUT2D eigenvalue weighted by Crippen LogP contribution is 2.27. The molecule has 1 atom stereocenters. The molecular weight excluding hydrogens is 290 g/mol. The van der Waals surface area contributed by atoms with E-state index in [1.165, 1.54) is 19.2 Å². The number of pyridine rings is 1. The van der Waals surface area contributed by atoms with Crippen LogP contribution >= 0.6 is 0 Å². The van der Waals surface area contributed by atoms with Crippen LogP contribution in [0.5, 0.6) is 5.75 Å². The minimum atomic E-state index is -3.76. The SMILES string of the molecule is COc1ccc(N)cc1S(=O)(=O)NC(C)c1cccnc1. The Labute approximate surface area is 124 Å². The fourth-order valence-electron chi connectivity index (χ4n) is 1.90. The van der Waals surface area contributed by atoms with Crippen LogP contribution in [0.3, 0.4) is 0 Å². The first kappa shape index (κ1) is 15.3. The molecule has 0 spiro atoms. The molecule has 1 aromatic heterocycles. The molecule has 0 aliphatic heterocycles. The van der Waals surface area contributed by atoms with Crippen LogP contribution in [0.1, 0.15) is 18.5 Å². The van der Waals surface area contributed by atoms with E-state index in [-0.39, 0.29) is 10.6 Å². The van der Waals surface area contributed by atoms with Crippen molar-refractivity contribution in [2.45, 2.75) is 17.9 Å². The monoisotopic (exact) mass is 307 g/mol. The number of nitrogens with two attached hydrogens (primary N) is 1. The molecule has 6 nitrogen and oxygen atoms in total. The van der Waals surface area contributed by atoms with Crippen molar-refractivity contribution >= 4 is 15.7 Å². The lowest BCUT2D eigenvalue weighted by molar-refractivity contribution is 0.402. The summed E-state index contributed by atoms with van der Waals surface area (Å²) in [5.74, 6) is 0.245. The Bertz CT molecular complexity index is 717. The molecule has 0 aliphatic carbocycles. The Hall–Kier alpha value is -2.12. The second-order valence-electron chi connectivity index (χ2n) is 4.54. The zero-order chi connectivity index (χ0) is 15.5. The highest BCUT2D eigenvalue weighted by molar-refractivity contribution is 7.89. The van der Waals surface area contributed by atoms with Gasteiger partial charge in [-0.3, -0.25) is 4.98 Å². The molecule has 1 heterocycles. The summed E-state index contributed by atoms with van der Waals surface area (Å²) in [5, 5.41) is 0. The first-order valence-corrected chi connectivity index (χ1v) is 7.78. The summed E-state index contributed by atoms with van der Waals surface area (Å²) in [6, 6.07) is 7.62. The highest BCUT2D eigenvalue weighted by atomic mass is 32.2. The minimum Gasteiger partial charge on any atom is -0.495 e. The lowest BCUT2D eigenvalue weighted by atomic mass is 10.2. The van der Waals surface area contributed by atoms with Crippen molar-refractivity contribution in [3.05, 3.63) is 48.3 Å². The van der Waals surface area contributed by atoms with E-state index < -0.39 is 16.1 Å². The van der Waals surface area contributed by atoms with Crippen LogP contribution in [0.2, 0.25) is 0 Å². The van der Waals surface area contributed by atoms with Crippen LogP contribution < -0.4 is 15.2 Å². The van der Waals surface area contributed by atoms with E-state index in [9.17, 15) is 8.42 Å². The fourth-order valence-corrected chi connectivity index (χ4v) is 3.34. The summed E-state index contributed by atoms with van der Waals surface area (Å²) in [6.45, 7) is 1.74. The average Bonchev–Trinajstić information content (AvgIpc) is 2.47. The predicted octanol–water partition coefficient (Wildman–Crippen LogP) is 1.71. The molecule has 0 saturated heterocycles. The molecule has 0 amide bonds. The van der Waals surface area contributed by atoms with Crippen molar-refractivity contribution in [2.24, 2.45) is 0 Å². The van der Waals surface area contributed by atoms with Gasteiger partial charge in [0, 0.05) is 24.1 Å². The van der Waals surface area contributed by atoms with Crippen LogP contribution in [-0.2, 0) is 10.0 Å². The molecule has 3 N–H and O–H groups in total. The average molecular weight is 307 g/mol. The lowest BCUT2D eigenvalue weighted by Crippen LogP contribution is -2.27. The van der Waals surface area contributed by atoms with Gasteiger partial charge in [-0.05, 0) is 36.8 Å². The Morgan fingerprint density at radius 1 is 1.33 bits per heavy atom. The third-order valence-corrected chi connectivity index (χ3v) is 4.56. The number of hydrogen-bond acceptors (Lipinski definition) is 5. The zero-order valence-electron chi connectivity index (χ0n) is 11.8. The number of nitrogens with zero attached hydrogens (tertiary/aromatic N) is 1. The van der Waals surface area contributed by atoms with Gasteiger partial charge < -0.3 is 10.5 Å². The van der Waals surface area contributed by atoms with Gasteiger partial charge in [-0.2, -0.15) is 0 Å². The first-order valence-electron chi connectivity index (χ1n) is 6.30. The quantitative estimate of drug-likeness (QED) is 0.820. The number of anilines is 1. The Balaban J connectivity index is 2.33. The molecule has 1 unspecified atom stereocenters. The van der Waals surface area contributed by atoms with E-state index in [2.05, 4.69) is 9.71 Å². The van der Waals surface area contributed by atoms with Crippen LogP contribution in [-0.4, -0.2) is 20.5 Å². The van der Waals surface area contributed by atoms with Crippen molar-refractivity contribution < 1.29 is 13.2 Å². The van der Waals surface area contributed by atoms with Crippen molar-refractivity contribution in [1.82, 2.24) is 9.71 Å². The summed E-state index contributed by atoms with van der Waals surface area (Å²) in [6.07, 6.45) is 3.25. The van der Waals surface area contributed by atoms with Gasteiger partial charge in [-0.25, -0.2) is 13.1 Å². The van der Waals surface area contributed by atoms with E-state index >= 15 is 0 Å². The fraction of sp³-hybridized carbons (Fsp3) is 0.214. The van der Waals surface area contributed by atoms with Gasteiger partial charge >= 0.3 is 0 Å². The van der Waals surface area contributed by atoms with Gasteiger partial charge in [0.2, 0.25) is 10.0 Å². The third-order valence-electron chi connectivity index (χ3n) is 2.99. The maximum Gasteiger partial charge on any atom is 0.244 e. The number of nitrogens with one attached hydrogen (secondary N) is 1. The normalized spacial score (nSPS) is 12.9. The van der Waals surface area contributed by atoms with Crippen molar-refractivity contribution in [2.75, 3.05) is 12.8 Å². The van der Waals surface area contributed by atoms with Crippen LogP contribution in [0, 0.1) is 0 Å². The molecule has 0 bridgehead atoms. The molecule has 7 heteroatoms. The second kappa shape index (κ2) is 6.11. The molecular formula is C14H17N3O3S. The van der Waals surface area contributed by atoms with Crippen LogP contribution in [0.25, 0.3) is 0 Å². The number of benzene rings is 1. The topological polar surface area (TPSA) is 94.3 Å². The van der Waals surface area contributed by atoms with Gasteiger partial charge in [0.25, 0.3) is 0 Å². The summed E-state index contributed by atoms with van der Waals surface area (Å²) in [7, 11) is -2.34. The number of nitrogen functional groups attached to an aromatic ring is 1. The van der Waals surface area contributed by atoms with Gasteiger partial charge in [0.15, 0.2) is 0 Å². The van der Waals surface area contributed by atoms with Crippen LogP contribution in [0.15, 0.2) is 47.6 Å². The van der Waals surface area contributed by atoms with Gasteiger partial charge in [-0.1, -0.05) is 6.07 Å². The molecule has 112 valence electrons. The second-order valence-corrected chi connectivity index (χ2v) is 6.22. The Morgan fingerprint density at radius 3 is 2.71 bits per heavy atom. The molecule has 0 saturated carbocycles. The summed E-state index contributed by atoms with van der Waals surface area (Å²) in [4.78, 5) is 3.99. The minimum absolute atomic E-state index is 0.0146. The van der Waals surface area contributed by atoms with Crippen LogP contribution in [0.4, 0.5) is 5.69 Å². The highest BCUT2D eigenvalue weighted by Gasteiger charge is 2.22. The van der Waals surface area contributed by atoms with E-state index in [0.29, 0.717) is 5.69 Å². The number of aromatic nitrogens is 1. The molecule has 0 aliphatic rings. The van der Waals surface area contributed by atoms with E-state index in [1.54, 1.807) is 37.5 Å². The summed E-state index contributed by atoms with van der Waals surface area (Å²) >= 11 is 0. The molecule has 0 fully saturated rings. The van der Waals surface area contributed by atoms with Crippen molar-refractivity contribution in [3.8, 4) is 5.75 Å². The molecule has 2 aromatic rings. The number of ether oxygens (including phenoxy) is 1. The van der Waals surface area contributed by atoms with E-state index in [0.717, 1.165) is 5.56 Å². The lowest BCUT2D eigenvalue weighted by Gasteiger charge is -2.16. The number of methoxy groups -OCH3 is 1. The number of sulfonamides is 1. The van der Waals surface area contributed by atoms with Crippen molar-refractivity contribution in [1.29, 1.82) is 0 Å². The third kappa shape index (κ3) is 3.50. The summed E-state index contributed by atoms with van der Waals surface area (Å²) in [5.41, 5.74) is 6.78. The maximum atomic E-state index is 12.5.